The van der Waals surface area contributed by atoms with Gasteiger partial charge in [0.25, 0.3) is 0 Å². The number of rotatable bonds is 14. The summed E-state index contributed by atoms with van der Waals surface area (Å²) in [5.41, 5.74) is 5.78. The molecule has 2 N–H and O–H groups in total. The van der Waals surface area contributed by atoms with Crippen molar-refractivity contribution in [2.24, 2.45) is 0 Å². The van der Waals surface area contributed by atoms with Crippen molar-refractivity contribution >= 4 is 0 Å². The maximum atomic E-state index is 9.69. The molecule has 198 valence electrons. The van der Waals surface area contributed by atoms with Crippen molar-refractivity contribution in [3.63, 3.8) is 0 Å². The van der Waals surface area contributed by atoms with Crippen LogP contribution in [0.1, 0.15) is 36.1 Å². The SMILES string of the molecule is Cc1c(OCCCNCCc2ccccn2)cccc1-c1cccc(OCCCN2CC[C@@H](O)C2)c1C. The number of nitrogens with one attached hydrogen (secondary N) is 1. The molecule has 4 rings (SSSR count). The van der Waals surface area contributed by atoms with Gasteiger partial charge in [-0.15, -0.1) is 0 Å². The lowest BCUT2D eigenvalue weighted by atomic mass is 9.95. The summed E-state index contributed by atoms with van der Waals surface area (Å²) in [7, 11) is 0. The van der Waals surface area contributed by atoms with Crippen molar-refractivity contribution < 1.29 is 14.6 Å². The highest BCUT2D eigenvalue weighted by atomic mass is 16.5. The molecule has 1 saturated heterocycles. The van der Waals surface area contributed by atoms with E-state index in [9.17, 15) is 5.11 Å². The molecule has 0 radical (unpaired) electrons. The molecule has 3 aromatic rings. The van der Waals surface area contributed by atoms with Gasteiger partial charge in [-0.1, -0.05) is 30.3 Å². The Balaban J connectivity index is 1.24. The lowest BCUT2D eigenvalue weighted by molar-refractivity contribution is 0.173. The minimum absolute atomic E-state index is 0.165. The normalized spacial score (nSPS) is 15.7. The van der Waals surface area contributed by atoms with Crippen LogP contribution in [-0.4, -0.2) is 67.0 Å². The summed E-state index contributed by atoms with van der Waals surface area (Å²) in [6.45, 7) is 10.2. The van der Waals surface area contributed by atoms with Crippen LogP contribution in [0.3, 0.4) is 0 Å². The van der Waals surface area contributed by atoms with Crippen molar-refractivity contribution in [1.29, 1.82) is 0 Å². The second-order valence-corrected chi connectivity index (χ2v) is 9.83. The van der Waals surface area contributed by atoms with Crippen molar-refractivity contribution in [3.8, 4) is 22.6 Å². The fraction of sp³-hybridized carbons (Fsp3) is 0.452. The van der Waals surface area contributed by atoms with Crippen molar-refractivity contribution in [2.45, 2.75) is 45.6 Å². The molecule has 37 heavy (non-hydrogen) atoms. The van der Waals surface area contributed by atoms with Crippen molar-refractivity contribution in [1.82, 2.24) is 15.2 Å². The molecule has 6 heteroatoms. The third kappa shape index (κ3) is 8.03. The molecule has 0 amide bonds. The highest BCUT2D eigenvalue weighted by Gasteiger charge is 2.19. The summed E-state index contributed by atoms with van der Waals surface area (Å²) >= 11 is 0. The highest BCUT2D eigenvalue weighted by Crippen LogP contribution is 2.35. The van der Waals surface area contributed by atoms with E-state index < -0.39 is 0 Å². The number of hydrogen-bond donors (Lipinski definition) is 2. The Hall–Kier alpha value is -2.93. The first-order valence-corrected chi connectivity index (χ1v) is 13.6. The number of pyridine rings is 1. The van der Waals surface area contributed by atoms with Crippen LogP contribution in [0.5, 0.6) is 11.5 Å². The summed E-state index contributed by atoms with van der Waals surface area (Å²) in [5.74, 6) is 1.87. The smallest absolute Gasteiger partial charge is 0.122 e. The fourth-order valence-electron chi connectivity index (χ4n) is 4.88. The Morgan fingerprint density at radius 1 is 0.892 bits per heavy atom. The van der Waals surface area contributed by atoms with Gasteiger partial charge in [0.15, 0.2) is 0 Å². The van der Waals surface area contributed by atoms with Crippen LogP contribution in [0.25, 0.3) is 11.1 Å². The topological polar surface area (TPSA) is 66.8 Å². The molecule has 1 aliphatic heterocycles. The summed E-state index contributed by atoms with van der Waals surface area (Å²) in [4.78, 5) is 6.67. The Labute approximate surface area is 221 Å². The summed E-state index contributed by atoms with van der Waals surface area (Å²) < 4.78 is 12.3. The predicted octanol–water partition coefficient (Wildman–Crippen LogP) is 4.80. The first kappa shape index (κ1) is 27.1. The van der Waals surface area contributed by atoms with Gasteiger partial charge in [0.05, 0.1) is 19.3 Å². The molecular weight excluding hydrogens is 462 g/mol. The minimum Gasteiger partial charge on any atom is -0.493 e. The number of ether oxygens (including phenoxy) is 2. The zero-order chi connectivity index (χ0) is 25.9. The van der Waals surface area contributed by atoms with Gasteiger partial charge in [-0.05, 0) is 86.2 Å². The quantitative estimate of drug-likeness (QED) is 0.308. The second-order valence-electron chi connectivity index (χ2n) is 9.83. The molecule has 0 spiro atoms. The largest absolute Gasteiger partial charge is 0.493 e. The second kappa shape index (κ2) is 14.1. The van der Waals surface area contributed by atoms with Crippen LogP contribution in [0, 0.1) is 13.8 Å². The molecule has 0 aliphatic carbocycles. The van der Waals surface area contributed by atoms with Gasteiger partial charge in [-0.25, -0.2) is 0 Å². The number of β-amino-alcohol motifs (C(OH)–C–C–N with tert-alkyl or cyclic N) is 1. The van der Waals surface area contributed by atoms with Gasteiger partial charge in [-0.3, -0.25) is 4.98 Å². The van der Waals surface area contributed by atoms with Crippen LogP contribution >= 0.6 is 0 Å². The highest BCUT2D eigenvalue weighted by molar-refractivity contribution is 5.74. The number of likely N-dealkylation sites (tertiary alicyclic amines) is 1. The van der Waals surface area contributed by atoms with E-state index >= 15 is 0 Å². The van der Waals surface area contributed by atoms with Gasteiger partial charge in [0.2, 0.25) is 0 Å². The third-order valence-electron chi connectivity index (χ3n) is 7.02. The zero-order valence-corrected chi connectivity index (χ0v) is 22.3. The third-order valence-corrected chi connectivity index (χ3v) is 7.02. The molecule has 0 saturated carbocycles. The van der Waals surface area contributed by atoms with Gasteiger partial charge in [0.1, 0.15) is 11.5 Å². The molecule has 1 atom stereocenters. The Morgan fingerprint density at radius 2 is 1.59 bits per heavy atom. The van der Waals surface area contributed by atoms with E-state index in [1.54, 1.807) is 0 Å². The molecule has 2 aromatic carbocycles. The monoisotopic (exact) mass is 503 g/mol. The average molecular weight is 504 g/mol. The number of aliphatic hydroxyl groups is 1. The van der Waals surface area contributed by atoms with Crippen LogP contribution in [0.2, 0.25) is 0 Å². The molecule has 0 bridgehead atoms. The van der Waals surface area contributed by atoms with Crippen LogP contribution in [0.15, 0.2) is 60.8 Å². The first-order chi connectivity index (χ1) is 18.1. The molecule has 1 aromatic heterocycles. The lowest BCUT2D eigenvalue weighted by Gasteiger charge is -2.18. The summed E-state index contributed by atoms with van der Waals surface area (Å²) in [6, 6.07) is 18.6. The zero-order valence-electron chi connectivity index (χ0n) is 22.3. The standard InChI is InChI=1S/C31H41N3O3/c1-24-28(10-5-12-30(24)36-21-7-16-32-18-14-26-9-3-4-17-33-26)29-11-6-13-31(25(29)2)37-22-8-19-34-20-15-27(35)23-34/h3-6,9-13,17,27,32,35H,7-8,14-16,18-23H2,1-2H3/t27-/m1/s1. The van der Waals surface area contributed by atoms with Crippen molar-refractivity contribution in [2.75, 3.05) is 45.9 Å². The molecular formula is C31H41N3O3. The van der Waals surface area contributed by atoms with Gasteiger partial charge >= 0.3 is 0 Å². The summed E-state index contributed by atoms with van der Waals surface area (Å²) in [5, 5.41) is 13.2. The molecule has 2 heterocycles. The van der Waals surface area contributed by atoms with E-state index in [2.05, 4.69) is 71.5 Å². The number of nitrogens with zero attached hydrogens (tertiary/aromatic N) is 2. The fourth-order valence-corrected chi connectivity index (χ4v) is 4.88. The first-order valence-electron chi connectivity index (χ1n) is 13.6. The van der Waals surface area contributed by atoms with E-state index in [0.29, 0.717) is 13.2 Å². The summed E-state index contributed by atoms with van der Waals surface area (Å²) in [6.07, 6.45) is 5.40. The van der Waals surface area contributed by atoms with Crippen LogP contribution < -0.4 is 14.8 Å². The van der Waals surface area contributed by atoms with Gasteiger partial charge < -0.3 is 24.8 Å². The molecule has 1 fully saturated rings. The Kier molecular flexibility index (Phi) is 10.4. The van der Waals surface area contributed by atoms with Crippen LogP contribution in [-0.2, 0) is 6.42 Å². The number of hydrogen-bond acceptors (Lipinski definition) is 6. The number of aromatic nitrogens is 1. The Bertz CT molecular complexity index is 1110. The van der Waals surface area contributed by atoms with E-state index in [-0.39, 0.29) is 6.10 Å². The van der Waals surface area contributed by atoms with Crippen LogP contribution in [0.4, 0.5) is 0 Å². The molecule has 1 aliphatic rings. The van der Waals surface area contributed by atoms with Gasteiger partial charge in [-0.2, -0.15) is 0 Å². The number of benzene rings is 2. The average Bonchev–Trinajstić information content (AvgIpc) is 3.33. The lowest BCUT2D eigenvalue weighted by Crippen LogP contribution is -2.24. The maximum absolute atomic E-state index is 9.69. The van der Waals surface area contributed by atoms with E-state index in [4.69, 9.17) is 9.47 Å². The molecule has 6 nitrogen and oxygen atoms in total. The minimum atomic E-state index is -0.165. The van der Waals surface area contributed by atoms with E-state index in [1.165, 1.54) is 11.1 Å². The maximum Gasteiger partial charge on any atom is 0.122 e. The van der Waals surface area contributed by atoms with E-state index in [0.717, 1.165) is 86.7 Å². The molecule has 0 unspecified atom stereocenters. The van der Waals surface area contributed by atoms with Gasteiger partial charge in [0, 0.05) is 44.5 Å². The Morgan fingerprint density at radius 3 is 2.22 bits per heavy atom. The number of aliphatic hydroxyl groups excluding tert-OH is 1. The van der Waals surface area contributed by atoms with Crippen molar-refractivity contribution in [3.05, 3.63) is 77.6 Å². The predicted molar refractivity (Wildman–Crippen MR) is 149 cm³/mol. The van der Waals surface area contributed by atoms with E-state index in [1.807, 2.05) is 18.3 Å².